The molecule has 7 nitrogen and oxygen atoms in total. The van der Waals surface area contributed by atoms with Gasteiger partial charge in [0.2, 0.25) is 10.0 Å². The van der Waals surface area contributed by atoms with Gasteiger partial charge in [0, 0.05) is 20.1 Å². The van der Waals surface area contributed by atoms with Crippen LogP contribution in [0.5, 0.6) is 0 Å². The largest absolute Gasteiger partial charge is 0.466 e. The number of β-amino-alcohol motifs (C(OH)–C–C–N with tert-alkyl or cyclic N) is 1. The molecule has 0 amide bonds. The van der Waals surface area contributed by atoms with Crippen LogP contribution in [-0.2, 0) is 19.6 Å². The van der Waals surface area contributed by atoms with Crippen LogP contribution in [-0.4, -0.2) is 68.4 Å². The van der Waals surface area contributed by atoms with Crippen molar-refractivity contribution in [3.05, 3.63) is 0 Å². The Morgan fingerprint density at radius 1 is 1.50 bits per heavy atom. The maximum atomic E-state index is 12.0. The number of rotatable bonds is 6. The van der Waals surface area contributed by atoms with Crippen molar-refractivity contribution >= 4 is 16.0 Å². The fourth-order valence-electron chi connectivity index (χ4n) is 1.82. The van der Waals surface area contributed by atoms with Crippen LogP contribution in [0, 0.1) is 0 Å². The first-order valence-electron chi connectivity index (χ1n) is 5.88. The van der Waals surface area contributed by atoms with Gasteiger partial charge in [0.05, 0.1) is 30.9 Å². The number of aliphatic hydroxyl groups excluding tert-OH is 1. The minimum Gasteiger partial charge on any atom is -0.466 e. The van der Waals surface area contributed by atoms with Gasteiger partial charge in [-0.3, -0.25) is 4.79 Å². The van der Waals surface area contributed by atoms with E-state index < -0.39 is 28.1 Å². The highest BCUT2D eigenvalue weighted by molar-refractivity contribution is 7.89. The fourth-order valence-corrected chi connectivity index (χ4v) is 3.16. The summed E-state index contributed by atoms with van der Waals surface area (Å²) in [5.41, 5.74) is 0. The second-order valence-electron chi connectivity index (χ2n) is 4.18. The van der Waals surface area contributed by atoms with Crippen molar-refractivity contribution in [3.8, 4) is 0 Å². The molecule has 0 bridgehead atoms. The minimum absolute atomic E-state index is 0.170. The van der Waals surface area contributed by atoms with Gasteiger partial charge >= 0.3 is 5.97 Å². The van der Waals surface area contributed by atoms with Gasteiger partial charge in [-0.15, -0.1) is 0 Å². The number of nitrogens with zero attached hydrogens (tertiary/aromatic N) is 1. The van der Waals surface area contributed by atoms with E-state index in [1.54, 1.807) is 6.92 Å². The highest BCUT2D eigenvalue weighted by atomic mass is 32.2. The molecule has 0 aromatic carbocycles. The predicted octanol–water partition coefficient (Wildman–Crippen LogP) is -1.47. The molecule has 2 N–H and O–H groups in total. The summed E-state index contributed by atoms with van der Waals surface area (Å²) in [7, 11) is -2.14. The zero-order valence-corrected chi connectivity index (χ0v) is 11.4. The van der Waals surface area contributed by atoms with Crippen molar-refractivity contribution in [2.24, 2.45) is 0 Å². The summed E-state index contributed by atoms with van der Waals surface area (Å²) >= 11 is 0. The molecule has 8 heteroatoms. The number of sulfonamides is 1. The van der Waals surface area contributed by atoms with E-state index in [0.717, 1.165) is 4.31 Å². The maximum absolute atomic E-state index is 12.0. The van der Waals surface area contributed by atoms with E-state index >= 15 is 0 Å². The lowest BCUT2D eigenvalue weighted by Crippen LogP contribution is -2.45. The summed E-state index contributed by atoms with van der Waals surface area (Å²) in [5, 5.41) is 12.5. The quantitative estimate of drug-likeness (QED) is 0.577. The van der Waals surface area contributed by atoms with Gasteiger partial charge in [0.15, 0.2) is 0 Å². The monoisotopic (exact) mass is 280 g/mol. The highest BCUT2D eigenvalue weighted by Gasteiger charge is 2.34. The summed E-state index contributed by atoms with van der Waals surface area (Å²) in [5.74, 6) is -0.828. The average molecular weight is 280 g/mol. The standard InChI is InChI=1S/C10H20N2O5S/c1-3-17-10(14)4-5-18(15,16)12(2)8-6-11-7-9(8)13/h8-9,11,13H,3-7H2,1-2H3/t8-,9-/m1/s1. The Kier molecular flexibility index (Phi) is 5.51. The number of likely N-dealkylation sites (N-methyl/N-ethyl adjacent to an activating group) is 1. The molecule has 1 saturated heterocycles. The molecule has 0 unspecified atom stereocenters. The molecule has 1 heterocycles. The van der Waals surface area contributed by atoms with Crippen LogP contribution in [0.3, 0.4) is 0 Å². The average Bonchev–Trinajstić information content (AvgIpc) is 2.72. The third-order valence-corrected chi connectivity index (χ3v) is 4.79. The van der Waals surface area contributed by atoms with Gasteiger partial charge in [0.1, 0.15) is 0 Å². The first-order valence-corrected chi connectivity index (χ1v) is 7.49. The molecule has 1 aliphatic heterocycles. The highest BCUT2D eigenvalue weighted by Crippen LogP contribution is 2.13. The van der Waals surface area contributed by atoms with Crippen molar-refractivity contribution in [2.75, 3.05) is 32.5 Å². The summed E-state index contributed by atoms with van der Waals surface area (Å²) in [4.78, 5) is 11.1. The zero-order valence-electron chi connectivity index (χ0n) is 10.6. The molecule has 0 aromatic heterocycles. The first kappa shape index (κ1) is 15.4. The van der Waals surface area contributed by atoms with E-state index in [4.69, 9.17) is 0 Å². The van der Waals surface area contributed by atoms with Gasteiger partial charge in [0.25, 0.3) is 0 Å². The number of hydrogen-bond acceptors (Lipinski definition) is 6. The van der Waals surface area contributed by atoms with Crippen molar-refractivity contribution < 1.29 is 23.1 Å². The molecule has 106 valence electrons. The number of hydrogen-bond donors (Lipinski definition) is 2. The van der Waals surface area contributed by atoms with Crippen LogP contribution in [0.25, 0.3) is 0 Å². The molecule has 1 fully saturated rings. The Labute approximate surface area is 107 Å². The van der Waals surface area contributed by atoms with E-state index in [1.165, 1.54) is 7.05 Å². The van der Waals surface area contributed by atoms with E-state index in [1.807, 2.05) is 0 Å². The lowest BCUT2D eigenvalue weighted by Gasteiger charge is -2.25. The first-order chi connectivity index (χ1) is 8.38. The maximum Gasteiger partial charge on any atom is 0.306 e. The number of carbonyl (C=O) groups is 1. The van der Waals surface area contributed by atoms with Crippen LogP contribution in [0.2, 0.25) is 0 Å². The van der Waals surface area contributed by atoms with Crippen LogP contribution in [0.15, 0.2) is 0 Å². The molecule has 0 aromatic rings. The van der Waals surface area contributed by atoms with E-state index in [-0.39, 0.29) is 18.8 Å². The normalized spacial score (nSPS) is 24.4. The lowest BCUT2D eigenvalue weighted by atomic mass is 10.2. The zero-order chi connectivity index (χ0) is 13.8. The van der Waals surface area contributed by atoms with Crippen LogP contribution in [0.4, 0.5) is 0 Å². The number of esters is 1. The SMILES string of the molecule is CCOC(=O)CCS(=O)(=O)N(C)[C@@H]1CNC[C@H]1O. The molecular formula is C10H20N2O5S. The summed E-state index contributed by atoms with van der Waals surface area (Å²) in [6.07, 6.45) is -0.885. The molecule has 1 rings (SSSR count). The molecular weight excluding hydrogens is 260 g/mol. The molecule has 0 saturated carbocycles. The van der Waals surface area contributed by atoms with Gasteiger partial charge < -0.3 is 15.2 Å². The van der Waals surface area contributed by atoms with Gasteiger partial charge in [-0.05, 0) is 6.92 Å². The third kappa shape index (κ3) is 3.91. The van der Waals surface area contributed by atoms with Gasteiger partial charge in [-0.2, -0.15) is 4.31 Å². The van der Waals surface area contributed by atoms with E-state index in [0.29, 0.717) is 13.1 Å². The van der Waals surface area contributed by atoms with E-state index in [9.17, 15) is 18.3 Å². The van der Waals surface area contributed by atoms with Crippen molar-refractivity contribution in [1.82, 2.24) is 9.62 Å². The Balaban J connectivity index is 2.54. The predicted molar refractivity (Wildman–Crippen MR) is 65.5 cm³/mol. The third-order valence-electron chi connectivity index (χ3n) is 2.93. The summed E-state index contributed by atoms with van der Waals surface area (Å²) in [6, 6.07) is -0.475. The van der Waals surface area contributed by atoms with Crippen molar-refractivity contribution in [2.45, 2.75) is 25.5 Å². The molecule has 0 spiro atoms. The summed E-state index contributed by atoms with van der Waals surface area (Å²) < 4.78 is 29.7. The minimum atomic E-state index is -3.56. The Bertz CT molecular complexity index is 384. The van der Waals surface area contributed by atoms with Crippen LogP contribution < -0.4 is 5.32 Å². The topological polar surface area (TPSA) is 95.9 Å². The Morgan fingerprint density at radius 3 is 2.67 bits per heavy atom. The van der Waals surface area contributed by atoms with Gasteiger partial charge in [-0.25, -0.2) is 8.42 Å². The fraction of sp³-hybridized carbons (Fsp3) is 0.900. The van der Waals surface area contributed by atoms with Crippen molar-refractivity contribution in [1.29, 1.82) is 0 Å². The van der Waals surface area contributed by atoms with Gasteiger partial charge in [-0.1, -0.05) is 0 Å². The number of carbonyl (C=O) groups excluding carboxylic acids is 1. The number of ether oxygens (including phenoxy) is 1. The van der Waals surface area contributed by atoms with Crippen molar-refractivity contribution in [3.63, 3.8) is 0 Å². The molecule has 2 atom stereocenters. The smallest absolute Gasteiger partial charge is 0.306 e. The molecule has 0 aliphatic carbocycles. The molecule has 0 radical (unpaired) electrons. The molecule has 18 heavy (non-hydrogen) atoms. The summed E-state index contributed by atoms with van der Waals surface area (Å²) in [6.45, 7) is 2.69. The molecule has 1 aliphatic rings. The number of nitrogens with one attached hydrogen (secondary N) is 1. The van der Waals surface area contributed by atoms with Crippen LogP contribution >= 0.6 is 0 Å². The number of aliphatic hydroxyl groups is 1. The lowest BCUT2D eigenvalue weighted by molar-refractivity contribution is -0.142. The Hall–Kier alpha value is -0.700. The van der Waals surface area contributed by atoms with Crippen LogP contribution in [0.1, 0.15) is 13.3 Å². The Morgan fingerprint density at radius 2 is 2.17 bits per heavy atom. The second-order valence-corrected chi connectivity index (χ2v) is 6.33. The van der Waals surface area contributed by atoms with E-state index in [2.05, 4.69) is 10.1 Å². The second kappa shape index (κ2) is 6.46.